The van der Waals surface area contributed by atoms with Gasteiger partial charge in [0.25, 0.3) is 0 Å². The van der Waals surface area contributed by atoms with Gasteiger partial charge < -0.3 is 88.7 Å². The highest BCUT2D eigenvalue weighted by molar-refractivity contribution is 7.47. The standard InChI is InChI=1S/C91H169O25P/c1-6-10-14-18-22-25-28-31-32-33-36-38-41-44-51-57-63-75(94)108-69-73-79(98)81(100)85(104)91(112-73)115-88-86(113-77(96)65-59-52-45-42-39-35-30-27-24-20-16-12-8-3)82(101)83(102)87(114-90-84(103)80(99)78(97)72(66-92)111-90)89(88)116-117(105,106)109-68-71(67-107-74(93)62-56-50-43-40-37-34-29-26-23-19-15-11-7-2)110-76(95)64-58-53-47-46-49-55-61-70(5)60-54-48-21-17-13-9-4/h35,39,70-73,78-92,97-104H,6-34,36-38,40-69H2,1-5H3,(H,105,106)/b39-35-. The van der Waals surface area contributed by atoms with Gasteiger partial charge in [-0.15, -0.1) is 0 Å². The molecule has 0 aromatic heterocycles. The summed E-state index contributed by atoms with van der Waals surface area (Å²) in [5, 5.41) is 102. The maximum atomic E-state index is 14.9. The molecule has 19 atom stereocenters. The van der Waals surface area contributed by atoms with Gasteiger partial charge in [0.15, 0.2) is 24.8 Å². The first-order chi connectivity index (χ1) is 56.6. The lowest BCUT2D eigenvalue weighted by molar-refractivity contribution is -0.360. The number of carbonyl (C=O) groups is 4. The Hall–Kier alpha value is -2.79. The Morgan fingerprint density at radius 1 is 0.359 bits per heavy atom. The number of esters is 4. The number of phosphoric ester groups is 1. The second-order valence-electron chi connectivity index (χ2n) is 34.2. The predicted octanol–water partition coefficient (Wildman–Crippen LogP) is 17.4. The van der Waals surface area contributed by atoms with E-state index >= 15 is 0 Å². The summed E-state index contributed by atoms with van der Waals surface area (Å²) in [6, 6.07) is 0. The highest BCUT2D eigenvalue weighted by Gasteiger charge is 2.60. The Bertz CT molecular complexity index is 2500. The van der Waals surface area contributed by atoms with Crippen LogP contribution in [0.2, 0.25) is 0 Å². The van der Waals surface area contributed by atoms with E-state index in [1.54, 1.807) is 0 Å². The first kappa shape index (κ1) is 108. The third-order valence-corrected chi connectivity index (χ3v) is 24.4. The van der Waals surface area contributed by atoms with Crippen molar-refractivity contribution in [2.75, 3.05) is 26.4 Å². The van der Waals surface area contributed by atoms with Crippen molar-refractivity contribution in [3.8, 4) is 0 Å². The van der Waals surface area contributed by atoms with Crippen LogP contribution in [0, 0.1) is 5.92 Å². The number of aliphatic hydroxyl groups excluding tert-OH is 9. The van der Waals surface area contributed by atoms with E-state index in [4.69, 9.17) is 46.9 Å². The first-order valence-electron chi connectivity index (χ1n) is 47.3. The number of ether oxygens (including phenoxy) is 8. The lowest BCUT2D eigenvalue weighted by atomic mass is 9.84. The quantitative estimate of drug-likeness (QED) is 0.00889. The molecular weight excluding hydrogens is 1520 g/mol. The van der Waals surface area contributed by atoms with E-state index in [9.17, 15) is 74.6 Å². The molecule has 2 heterocycles. The number of carbonyl (C=O) groups excluding carboxylic acids is 4. The highest BCUT2D eigenvalue weighted by atomic mass is 31.2. The summed E-state index contributed by atoms with van der Waals surface area (Å²) in [6.07, 6.45) is 26.5. The summed E-state index contributed by atoms with van der Waals surface area (Å²) in [6.45, 7) is 7.92. The fourth-order valence-electron chi connectivity index (χ4n) is 15.8. The number of phosphoric acid groups is 1. The maximum Gasteiger partial charge on any atom is 0.472 e. The van der Waals surface area contributed by atoms with Crippen LogP contribution in [-0.2, 0) is 70.7 Å². The number of unbranched alkanes of at least 4 members (excludes halogenated alkanes) is 46. The topological polar surface area (TPSA) is 380 Å². The maximum absolute atomic E-state index is 14.9. The Balaban J connectivity index is 1.92. The first-order valence-corrected chi connectivity index (χ1v) is 48.8. The largest absolute Gasteiger partial charge is 0.472 e. The molecule has 3 rings (SSSR count). The smallest absolute Gasteiger partial charge is 0.463 e. The predicted molar refractivity (Wildman–Crippen MR) is 453 cm³/mol. The highest BCUT2D eigenvalue weighted by Crippen LogP contribution is 2.49. The molecule has 26 heteroatoms. The second kappa shape index (κ2) is 69.5. The van der Waals surface area contributed by atoms with Crippen LogP contribution in [-0.4, -0.2) is 205 Å². The number of hydrogen-bond donors (Lipinski definition) is 10. The van der Waals surface area contributed by atoms with Crippen LogP contribution in [0.15, 0.2) is 12.2 Å². The summed E-state index contributed by atoms with van der Waals surface area (Å²) >= 11 is 0. The van der Waals surface area contributed by atoms with Crippen molar-refractivity contribution >= 4 is 31.7 Å². The molecule has 2 saturated heterocycles. The van der Waals surface area contributed by atoms with E-state index in [2.05, 4.69) is 46.8 Å². The molecule has 117 heavy (non-hydrogen) atoms. The van der Waals surface area contributed by atoms with Crippen LogP contribution < -0.4 is 0 Å². The van der Waals surface area contributed by atoms with Crippen molar-refractivity contribution in [1.82, 2.24) is 0 Å². The van der Waals surface area contributed by atoms with Gasteiger partial charge in [-0.25, -0.2) is 4.57 Å². The van der Waals surface area contributed by atoms with Crippen LogP contribution in [0.5, 0.6) is 0 Å². The molecule has 2 aliphatic heterocycles. The van der Waals surface area contributed by atoms with Crippen LogP contribution >= 0.6 is 7.82 Å². The number of allylic oxidation sites excluding steroid dienone is 2. The molecule has 10 N–H and O–H groups in total. The van der Waals surface area contributed by atoms with Gasteiger partial charge in [-0.05, 0) is 57.3 Å². The lowest BCUT2D eigenvalue weighted by Gasteiger charge is -2.50. The van der Waals surface area contributed by atoms with Gasteiger partial charge in [0.2, 0.25) is 0 Å². The normalized spacial score (nSPS) is 25.3. The molecule has 0 spiro atoms. The number of rotatable bonds is 76. The minimum atomic E-state index is -5.81. The molecule has 1 aliphatic carbocycles. The van der Waals surface area contributed by atoms with E-state index in [0.29, 0.717) is 38.0 Å². The van der Waals surface area contributed by atoms with E-state index in [1.807, 2.05) is 0 Å². The molecule has 0 radical (unpaired) electrons. The minimum Gasteiger partial charge on any atom is -0.463 e. The van der Waals surface area contributed by atoms with E-state index in [0.717, 1.165) is 122 Å². The molecule has 0 bridgehead atoms. The molecule has 0 amide bonds. The van der Waals surface area contributed by atoms with Crippen molar-refractivity contribution in [3.05, 3.63) is 12.2 Å². The van der Waals surface area contributed by atoms with Crippen molar-refractivity contribution in [1.29, 1.82) is 0 Å². The Labute approximate surface area is 705 Å². The van der Waals surface area contributed by atoms with Gasteiger partial charge in [-0.2, -0.15) is 0 Å². The van der Waals surface area contributed by atoms with Crippen molar-refractivity contribution in [3.63, 3.8) is 0 Å². The van der Waals surface area contributed by atoms with Gasteiger partial charge in [0.1, 0.15) is 92.6 Å². The van der Waals surface area contributed by atoms with Gasteiger partial charge in [0, 0.05) is 25.7 Å². The van der Waals surface area contributed by atoms with Crippen molar-refractivity contribution < 1.29 is 122 Å². The van der Waals surface area contributed by atoms with Gasteiger partial charge >= 0.3 is 31.7 Å². The SMILES string of the molecule is CCCCCCCC/C=C\CCCCCC(=O)OC1C(O)C(O)C(OC2OC(CO)C(O)C(O)C2O)C(OP(=O)(O)OCC(COC(=O)CCCCCCCCCCCCCCC)OC(=O)CCCCCCCCC(C)CCCCCCCC)C1OC1OC(COC(=O)CCCCCCCCCCCCCCCCCC)C(O)C(O)C1O. The molecule has 0 aromatic rings. The van der Waals surface area contributed by atoms with Crippen molar-refractivity contribution in [2.45, 2.75) is 511 Å². The minimum absolute atomic E-state index is 0.0170. The Morgan fingerprint density at radius 2 is 0.692 bits per heavy atom. The number of aliphatic hydroxyl groups is 9. The van der Waals surface area contributed by atoms with E-state index in [-0.39, 0.29) is 32.1 Å². The van der Waals surface area contributed by atoms with E-state index < -0.39 is 162 Å². The Morgan fingerprint density at radius 3 is 1.11 bits per heavy atom. The molecule has 1 saturated carbocycles. The number of hydrogen-bond acceptors (Lipinski definition) is 24. The molecule has 3 aliphatic rings. The van der Waals surface area contributed by atoms with Gasteiger partial charge in [0.05, 0.1) is 13.2 Å². The summed E-state index contributed by atoms with van der Waals surface area (Å²) < 4.78 is 73.4. The summed E-state index contributed by atoms with van der Waals surface area (Å²) in [5.74, 6) is -2.30. The fourth-order valence-corrected chi connectivity index (χ4v) is 16.8. The zero-order chi connectivity index (χ0) is 85.5. The fraction of sp³-hybridized carbons (Fsp3) is 0.934. The van der Waals surface area contributed by atoms with E-state index in [1.165, 1.54) is 186 Å². The molecule has 3 fully saturated rings. The van der Waals surface area contributed by atoms with Crippen LogP contribution in [0.4, 0.5) is 0 Å². The van der Waals surface area contributed by atoms with Crippen LogP contribution in [0.1, 0.15) is 407 Å². The monoisotopic (exact) mass is 1690 g/mol. The molecule has 688 valence electrons. The average Bonchev–Trinajstić information content (AvgIpc) is 0.754. The van der Waals surface area contributed by atoms with Crippen molar-refractivity contribution in [2.24, 2.45) is 5.92 Å². The zero-order valence-electron chi connectivity index (χ0n) is 73.4. The molecule has 0 aromatic carbocycles. The van der Waals surface area contributed by atoms with Crippen LogP contribution in [0.3, 0.4) is 0 Å². The summed E-state index contributed by atoms with van der Waals surface area (Å²) in [7, 11) is -5.81. The molecule has 19 unspecified atom stereocenters. The van der Waals surface area contributed by atoms with Crippen LogP contribution in [0.25, 0.3) is 0 Å². The third kappa shape index (κ3) is 50.1. The molecular formula is C91H169O25P. The average molecular weight is 1690 g/mol. The Kier molecular flexibility index (Phi) is 64.4. The van der Waals surface area contributed by atoms with Gasteiger partial charge in [-0.3, -0.25) is 28.2 Å². The zero-order valence-corrected chi connectivity index (χ0v) is 74.3. The second-order valence-corrected chi connectivity index (χ2v) is 35.6. The summed E-state index contributed by atoms with van der Waals surface area (Å²) in [4.78, 5) is 66.5. The third-order valence-electron chi connectivity index (χ3n) is 23.4. The lowest BCUT2D eigenvalue weighted by Crippen LogP contribution is -2.70. The van der Waals surface area contributed by atoms with Gasteiger partial charge in [-0.1, -0.05) is 342 Å². The molecule has 25 nitrogen and oxygen atoms in total. The summed E-state index contributed by atoms with van der Waals surface area (Å²) in [5.41, 5.74) is 0.